The van der Waals surface area contributed by atoms with E-state index in [1.54, 1.807) is 24.5 Å². The number of carbonyl (C=O) groups excluding carboxylic acids is 1. The van der Waals surface area contributed by atoms with Crippen LogP contribution in [0.2, 0.25) is 0 Å². The molecule has 0 saturated carbocycles. The maximum absolute atomic E-state index is 12.0. The number of nitrogens with zero attached hydrogens (tertiary/aromatic N) is 2. The van der Waals surface area contributed by atoms with Crippen LogP contribution in [0.25, 0.3) is 0 Å². The van der Waals surface area contributed by atoms with Gasteiger partial charge in [0.05, 0.1) is 0 Å². The number of nitrogens with one attached hydrogen (secondary N) is 1. The fourth-order valence-electron chi connectivity index (χ4n) is 2.74. The molecule has 0 aromatic carbocycles. The van der Waals surface area contributed by atoms with E-state index in [9.17, 15) is 4.79 Å². The first-order valence-corrected chi connectivity index (χ1v) is 7.12. The van der Waals surface area contributed by atoms with Gasteiger partial charge in [0.25, 0.3) is 5.91 Å². The Hall–Kier alpha value is -1.42. The molecule has 19 heavy (non-hydrogen) atoms. The van der Waals surface area contributed by atoms with Gasteiger partial charge in [0.2, 0.25) is 0 Å². The van der Waals surface area contributed by atoms with Gasteiger partial charge in [-0.25, -0.2) is 0 Å². The molecule has 0 unspecified atom stereocenters. The minimum absolute atomic E-state index is 0.0149. The molecule has 4 heteroatoms. The van der Waals surface area contributed by atoms with E-state index >= 15 is 0 Å². The Labute approximate surface area is 115 Å². The number of amides is 1. The molecule has 1 saturated heterocycles. The highest BCUT2D eigenvalue weighted by Gasteiger charge is 2.23. The molecule has 1 aromatic rings. The first-order chi connectivity index (χ1) is 9.18. The second kappa shape index (κ2) is 6.66. The van der Waals surface area contributed by atoms with Gasteiger partial charge in [-0.3, -0.25) is 14.7 Å². The fraction of sp³-hybridized carbons (Fsp3) is 0.600. The molecule has 104 valence electrons. The van der Waals surface area contributed by atoms with E-state index in [4.69, 9.17) is 0 Å². The van der Waals surface area contributed by atoms with Gasteiger partial charge >= 0.3 is 0 Å². The topological polar surface area (TPSA) is 45.2 Å². The maximum atomic E-state index is 12.0. The van der Waals surface area contributed by atoms with E-state index in [0.717, 1.165) is 6.54 Å². The lowest BCUT2D eigenvalue weighted by atomic mass is 10.0. The van der Waals surface area contributed by atoms with Crippen LogP contribution in [0.3, 0.4) is 0 Å². The van der Waals surface area contributed by atoms with Crippen molar-refractivity contribution in [3.05, 3.63) is 30.1 Å². The standard InChI is InChI=1S/C15H23N3O/c1-12-5-3-4-10-18(12)13(2)11-17-15(19)14-6-8-16-9-7-14/h6-9,12-13H,3-5,10-11H2,1-2H3,(H,17,19)/t12-,13-/m0/s1. The van der Waals surface area contributed by atoms with Crippen molar-refractivity contribution in [2.24, 2.45) is 0 Å². The van der Waals surface area contributed by atoms with Crippen LogP contribution < -0.4 is 5.32 Å². The van der Waals surface area contributed by atoms with Gasteiger partial charge in [-0.15, -0.1) is 0 Å². The maximum Gasteiger partial charge on any atom is 0.251 e. The summed E-state index contributed by atoms with van der Waals surface area (Å²) in [5, 5.41) is 3.01. The van der Waals surface area contributed by atoms with Crippen molar-refractivity contribution in [3.8, 4) is 0 Å². The molecular weight excluding hydrogens is 238 g/mol. The van der Waals surface area contributed by atoms with E-state index in [1.165, 1.54) is 19.3 Å². The average molecular weight is 261 g/mol. The third kappa shape index (κ3) is 3.77. The third-order valence-electron chi connectivity index (χ3n) is 3.92. The molecule has 0 aliphatic carbocycles. The first kappa shape index (κ1) is 14.0. The molecule has 1 N–H and O–H groups in total. The molecule has 0 spiro atoms. The summed E-state index contributed by atoms with van der Waals surface area (Å²) in [6.45, 7) is 6.31. The Morgan fingerprint density at radius 1 is 1.47 bits per heavy atom. The van der Waals surface area contributed by atoms with Crippen LogP contribution >= 0.6 is 0 Å². The fourth-order valence-corrected chi connectivity index (χ4v) is 2.74. The van der Waals surface area contributed by atoms with Crippen molar-refractivity contribution in [1.82, 2.24) is 15.2 Å². The summed E-state index contributed by atoms with van der Waals surface area (Å²) >= 11 is 0. The van der Waals surface area contributed by atoms with Crippen molar-refractivity contribution in [1.29, 1.82) is 0 Å². The minimum Gasteiger partial charge on any atom is -0.350 e. The van der Waals surface area contributed by atoms with Gasteiger partial charge in [-0.05, 0) is 45.4 Å². The largest absolute Gasteiger partial charge is 0.350 e. The summed E-state index contributed by atoms with van der Waals surface area (Å²) < 4.78 is 0. The molecule has 1 aliphatic rings. The van der Waals surface area contributed by atoms with Crippen LogP contribution in [-0.2, 0) is 0 Å². The number of piperidine rings is 1. The molecule has 1 amide bonds. The monoisotopic (exact) mass is 261 g/mol. The summed E-state index contributed by atoms with van der Waals surface area (Å²) in [5.74, 6) is -0.0149. The van der Waals surface area contributed by atoms with E-state index in [0.29, 0.717) is 24.2 Å². The molecule has 0 bridgehead atoms. The van der Waals surface area contributed by atoms with E-state index in [2.05, 4.69) is 29.0 Å². The molecule has 1 fully saturated rings. The highest BCUT2D eigenvalue weighted by atomic mass is 16.1. The molecule has 0 radical (unpaired) electrons. The third-order valence-corrected chi connectivity index (χ3v) is 3.92. The summed E-state index contributed by atoms with van der Waals surface area (Å²) in [5.41, 5.74) is 0.675. The SMILES string of the molecule is C[C@H]1CCCCN1[C@@H](C)CNC(=O)c1ccncc1. The Balaban J connectivity index is 1.83. The number of aromatic nitrogens is 1. The minimum atomic E-state index is -0.0149. The van der Waals surface area contributed by atoms with Crippen LogP contribution in [0.4, 0.5) is 0 Å². The molecule has 1 aliphatic heterocycles. The Kier molecular flexibility index (Phi) is 4.91. The van der Waals surface area contributed by atoms with Gasteiger partial charge in [0.15, 0.2) is 0 Å². The quantitative estimate of drug-likeness (QED) is 0.902. The Morgan fingerprint density at radius 3 is 2.89 bits per heavy atom. The lowest BCUT2D eigenvalue weighted by Crippen LogP contribution is -2.48. The second-order valence-electron chi connectivity index (χ2n) is 5.38. The number of pyridine rings is 1. The highest BCUT2D eigenvalue weighted by Crippen LogP contribution is 2.18. The van der Waals surface area contributed by atoms with Crippen LogP contribution in [-0.4, -0.2) is 41.0 Å². The normalized spacial score (nSPS) is 21.9. The molecule has 2 atom stereocenters. The van der Waals surface area contributed by atoms with Gasteiger partial charge in [0, 0.05) is 36.6 Å². The lowest BCUT2D eigenvalue weighted by Gasteiger charge is -2.38. The van der Waals surface area contributed by atoms with Gasteiger partial charge in [-0.2, -0.15) is 0 Å². The average Bonchev–Trinajstić information content (AvgIpc) is 2.46. The van der Waals surface area contributed by atoms with Gasteiger partial charge < -0.3 is 5.32 Å². The molecular formula is C15H23N3O. The van der Waals surface area contributed by atoms with Crippen molar-refractivity contribution >= 4 is 5.91 Å². The predicted octanol–water partition coefficient (Wildman–Crippen LogP) is 2.07. The van der Waals surface area contributed by atoms with E-state index in [-0.39, 0.29) is 5.91 Å². The smallest absolute Gasteiger partial charge is 0.251 e. The number of hydrogen-bond donors (Lipinski definition) is 1. The Bertz CT molecular complexity index is 407. The predicted molar refractivity (Wildman–Crippen MR) is 76.1 cm³/mol. The van der Waals surface area contributed by atoms with Crippen LogP contribution in [0.5, 0.6) is 0 Å². The summed E-state index contributed by atoms with van der Waals surface area (Å²) in [7, 11) is 0. The number of rotatable bonds is 4. The summed E-state index contributed by atoms with van der Waals surface area (Å²) in [4.78, 5) is 18.4. The van der Waals surface area contributed by atoms with Crippen LogP contribution in [0.15, 0.2) is 24.5 Å². The van der Waals surface area contributed by atoms with Crippen molar-refractivity contribution in [2.45, 2.75) is 45.2 Å². The van der Waals surface area contributed by atoms with Gasteiger partial charge in [-0.1, -0.05) is 6.42 Å². The highest BCUT2D eigenvalue weighted by molar-refractivity contribution is 5.93. The van der Waals surface area contributed by atoms with E-state index < -0.39 is 0 Å². The number of likely N-dealkylation sites (tertiary alicyclic amines) is 1. The second-order valence-corrected chi connectivity index (χ2v) is 5.38. The van der Waals surface area contributed by atoms with E-state index in [1.807, 2.05) is 0 Å². The Morgan fingerprint density at radius 2 is 2.21 bits per heavy atom. The molecule has 2 heterocycles. The summed E-state index contributed by atoms with van der Waals surface area (Å²) in [6.07, 6.45) is 7.15. The van der Waals surface area contributed by atoms with Crippen LogP contribution in [0.1, 0.15) is 43.5 Å². The molecule has 4 nitrogen and oxygen atoms in total. The first-order valence-electron chi connectivity index (χ1n) is 7.12. The zero-order valence-electron chi connectivity index (χ0n) is 11.8. The van der Waals surface area contributed by atoms with Crippen molar-refractivity contribution in [3.63, 3.8) is 0 Å². The lowest BCUT2D eigenvalue weighted by molar-refractivity contribution is 0.0886. The van der Waals surface area contributed by atoms with Crippen molar-refractivity contribution in [2.75, 3.05) is 13.1 Å². The molecule has 2 rings (SSSR count). The molecule has 1 aromatic heterocycles. The number of carbonyl (C=O) groups is 1. The van der Waals surface area contributed by atoms with Crippen molar-refractivity contribution < 1.29 is 4.79 Å². The van der Waals surface area contributed by atoms with Gasteiger partial charge in [0.1, 0.15) is 0 Å². The zero-order chi connectivity index (χ0) is 13.7. The number of hydrogen-bond acceptors (Lipinski definition) is 3. The zero-order valence-corrected chi connectivity index (χ0v) is 11.8. The summed E-state index contributed by atoms with van der Waals surface area (Å²) in [6, 6.07) is 4.50. The van der Waals surface area contributed by atoms with Crippen LogP contribution in [0, 0.1) is 0 Å².